The topological polar surface area (TPSA) is 81.2 Å². The molecule has 0 unspecified atom stereocenters. The lowest BCUT2D eigenvalue weighted by molar-refractivity contribution is -0.182. The van der Waals surface area contributed by atoms with Gasteiger partial charge in [0, 0.05) is 18.5 Å². The van der Waals surface area contributed by atoms with E-state index in [-0.39, 0.29) is 13.1 Å². The summed E-state index contributed by atoms with van der Waals surface area (Å²) in [6.45, 7) is -1.07. The number of halogens is 3. The normalized spacial score (nSPS) is 21.4. The maximum absolute atomic E-state index is 13.0. The summed E-state index contributed by atoms with van der Waals surface area (Å²) < 4.78 is 40.5. The molecule has 2 heterocycles. The Labute approximate surface area is 135 Å². The van der Waals surface area contributed by atoms with Crippen molar-refractivity contribution in [3.05, 3.63) is 30.5 Å². The van der Waals surface area contributed by atoms with E-state index in [1.807, 2.05) is 12.1 Å². The summed E-state index contributed by atoms with van der Waals surface area (Å²) in [5.41, 5.74) is 5.78. The first kappa shape index (κ1) is 16.3. The zero-order valence-corrected chi connectivity index (χ0v) is 12.5. The lowest BCUT2D eigenvalue weighted by Crippen LogP contribution is -2.37. The fraction of sp³-hybridized carbons (Fsp3) is 0.400. The highest BCUT2D eigenvalue weighted by atomic mass is 19.4. The minimum atomic E-state index is -4.58. The molecule has 1 aliphatic heterocycles. The summed E-state index contributed by atoms with van der Waals surface area (Å²) in [5.74, 6) is -4.91. The molecule has 2 atom stereocenters. The number of para-hydroxylation sites is 1. The smallest absolute Gasteiger partial charge is 0.369 e. The van der Waals surface area contributed by atoms with E-state index < -0.39 is 36.4 Å². The molecule has 1 aliphatic rings. The Balaban J connectivity index is 1.77. The first-order valence-electron chi connectivity index (χ1n) is 7.31. The quantitative estimate of drug-likeness (QED) is 0.910. The number of rotatable bonds is 3. The van der Waals surface area contributed by atoms with Crippen molar-refractivity contribution in [3.8, 4) is 0 Å². The number of carbonyl (C=O) groups is 2. The molecule has 0 aliphatic carbocycles. The van der Waals surface area contributed by atoms with Crippen molar-refractivity contribution in [3.63, 3.8) is 0 Å². The van der Waals surface area contributed by atoms with E-state index >= 15 is 0 Å². The summed E-state index contributed by atoms with van der Waals surface area (Å²) >= 11 is 0. The summed E-state index contributed by atoms with van der Waals surface area (Å²) in [5, 5.41) is 4.91. The number of hydrogen-bond acceptors (Lipinski definition) is 3. The summed E-state index contributed by atoms with van der Waals surface area (Å²) in [7, 11) is 0. The molecule has 128 valence electrons. The van der Waals surface area contributed by atoms with Gasteiger partial charge in [0.1, 0.15) is 6.54 Å². The number of amides is 2. The predicted octanol–water partition coefficient (Wildman–Crippen LogP) is 1.16. The van der Waals surface area contributed by atoms with E-state index in [0.29, 0.717) is 5.52 Å². The number of nitrogens with zero attached hydrogens (tertiary/aromatic N) is 3. The number of hydrogen-bond donors (Lipinski definition) is 1. The van der Waals surface area contributed by atoms with Crippen molar-refractivity contribution in [2.45, 2.75) is 12.7 Å². The number of alkyl halides is 3. The van der Waals surface area contributed by atoms with Crippen LogP contribution in [-0.2, 0) is 16.1 Å². The van der Waals surface area contributed by atoms with Gasteiger partial charge < -0.3 is 10.6 Å². The molecule has 0 spiro atoms. The van der Waals surface area contributed by atoms with Crippen LogP contribution in [0.1, 0.15) is 0 Å². The van der Waals surface area contributed by atoms with Crippen molar-refractivity contribution >= 4 is 22.7 Å². The Kier molecular flexibility index (Phi) is 3.94. The molecule has 2 aromatic rings. The van der Waals surface area contributed by atoms with Gasteiger partial charge >= 0.3 is 6.18 Å². The number of aromatic nitrogens is 2. The molecule has 0 radical (unpaired) electrons. The SMILES string of the molecule is NC(=O)[C@@H]1CN(C(=O)Cn2ncc3ccccc32)C[C@H]1C(F)(F)F. The third-order valence-corrected chi connectivity index (χ3v) is 4.29. The standard InChI is InChI=1S/C15H15F3N4O2/c16-15(17,18)11-7-21(6-10(11)14(19)24)13(23)8-22-12-4-2-1-3-9(12)5-20-22/h1-5,10-11H,6-8H2,(H2,19,24)/t10-,11-/m1/s1. The van der Waals surface area contributed by atoms with E-state index in [9.17, 15) is 22.8 Å². The molecule has 9 heteroatoms. The zero-order valence-electron chi connectivity index (χ0n) is 12.5. The van der Waals surface area contributed by atoms with E-state index in [4.69, 9.17) is 5.73 Å². The number of fused-ring (bicyclic) bond motifs is 1. The Bertz CT molecular complexity index is 786. The summed E-state index contributed by atoms with van der Waals surface area (Å²) in [6, 6.07) is 7.19. The zero-order chi connectivity index (χ0) is 17.5. The van der Waals surface area contributed by atoms with Crippen LogP contribution in [0.4, 0.5) is 13.2 Å². The average molecular weight is 340 g/mol. The molecule has 3 rings (SSSR count). The lowest BCUT2D eigenvalue weighted by Gasteiger charge is -2.18. The van der Waals surface area contributed by atoms with Gasteiger partial charge in [-0.05, 0) is 6.07 Å². The van der Waals surface area contributed by atoms with Crippen LogP contribution >= 0.6 is 0 Å². The molecule has 2 N–H and O–H groups in total. The van der Waals surface area contributed by atoms with Gasteiger partial charge in [0.25, 0.3) is 0 Å². The molecular formula is C15H15F3N4O2. The van der Waals surface area contributed by atoms with Crippen LogP contribution in [0.25, 0.3) is 10.9 Å². The fourth-order valence-electron chi connectivity index (χ4n) is 3.01. The van der Waals surface area contributed by atoms with Crippen LogP contribution in [0, 0.1) is 11.8 Å². The number of nitrogens with two attached hydrogens (primary N) is 1. The van der Waals surface area contributed by atoms with Crippen molar-refractivity contribution in [2.24, 2.45) is 17.6 Å². The van der Waals surface area contributed by atoms with E-state index in [0.717, 1.165) is 10.3 Å². The first-order chi connectivity index (χ1) is 11.3. The van der Waals surface area contributed by atoms with E-state index in [2.05, 4.69) is 5.10 Å². The van der Waals surface area contributed by atoms with Gasteiger partial charge in [-0.3, -0.25) is 14.3 Å². The van der Waals surface area contributed by atoms with Crippen LogP contribution in [-0.4, -0.2) is 45.8 Å². The third kappa shape index (κ3) is 2.93. The molecule has 0 saturated carbocycles. The van der Waals surface area contributed by atoms with Crippen molar-refractivity contribution in [1.82, 2.24) is 14.7 Å². The van der Waals surface area contributed by atoms with Gasteiger partial charge in [-0.2, -0.15) is 18.3 Å². The Morgan fingerprint density at radius 1 is 1.25 bits per heavy atom. The number of primary amides is 1. The number of likely N-dealkylation sites (tertiary alicyclic amines) is 1. The van der Waals surface area contributed by atoms with Crippen molar-refractivity contribution < 1.29 is 22.8 Å². The molecule has 6 nitrogen and oxygen atoms in total. The molecule has 1 fully saturated rings. The molecule has 24 heavy (non-hydrogen) atoms. The van der Waals surface area contributed by atoms with Crippen LogP contribution in [0.3, 0.4) is 0 Å². The highest BCUT2D eigenvalue weighted by Gasteiger charge is 2.52. The van der Waals surface area contributed by atoms with Crippen LogP contribution in [0.2, 0.25) is 0 Å². The Morgan fingerprint density at radius 3 is 2.58 bits per heavy atom. The Morgan fingerprint density at radius 2 is 1.96 bits per heavy atom. The molecule has 2 amide bonds. The second-order valence-electron chi connectivity index (χ2n) is 5.82. The molecule has 1 saturated heterocycles. The second kappa shape index (κ2) is 5.81. The predicted molar refractivity (Wildman–Crippen MR) is 78.5 cm³/mol. The van der Waals surface area contributed by atoms with E-state index in [1.165, 1.54) is 4.68 Å². The van der Waals surface area contributed by atoms with Crippen molar-refractivity contribution in [2.75, 3.05) is 13.1 Å². The highest BCUT2D eigenvalue weighted by molar-refractivity contribution is 5.83. The first-order valence-corrected chi connectivity index (χ1v) is 7.31. The third-order valence-electron chi connectivity index (χ3n) is 4.29. The van der Waals surface area contributed by atoms with Gasteiger partial charge in [0.05, 0.1) is 23.5 Å². The second-order valence-corrected chi connectivity index (χ2v) is 5.82. The summed E-state index contributed by atoms with van der Waals surface area (Å²) in [6.07, 6.45) is -3.00. The van der Waals surface area contributed by atoms with Crippen LogP contribution in [0.5, 0.6) is 0 Å². The highest BCUT2D eigenvalue weighted by Crippen LogP contribution is 2.37. The largest absolute Gasteiger partial charge is 0.394 e. The van der Waals surface area contributed by atoms with Gasteiger partial charge in [0.15, 0.2) is 0 Å². The maximum Gasteiger partial charge on any atom is 0.394 e. The van der Waals surface area contributed by atoms with Gasteiger partial charge in [0.2, 0.25) is 11.8 Å². The lowest BCUT2D eigenvalue weighted by atomic mass is 9.95. The minimum absolute atomic E-state index is 0.191. The summed E-state index contributed by atoms with van der Waals surface area (Å²) in [4.78, 5) is 24.7. The maximum atomic E-state index is 13.0. The van der Waals surface area contributed by atoms with Crippen molar-refractivity contribution in [1.29, 1.82) is 0 Å². The molecule has 1 aromatic heterocycles. The molecule has 1 aromatic carbocycles. The van der Waals surface area contributed by atoms with Crippen LogP contribution in [0.15, 0.2) is 30.5 Å². The van der Waals surface area contributed by atoms with Gasteiger partial charge in [-0.1, -0.05) is 18.2 Å². The molecule has 0 bridgehead atoms. The monoisotopic (exact) mass is 340 g/mol. The molecular weight excluding hydrogens is 325 g/mol. The number of carbonyl (C=O) groups excluding carboxylic acids is 2. The van der Waals surface area contributed by atoms with Gasteiger partial charge in [-0.15, -0.1) is 0 Å². The minimum Gasteiger partial charge on any atom is -0.369 e. The van der Waals surface area contributed by atoms with Crippen LogP contribution < -0.4 is 5.73 Å². The Hall–Kier alpha value is -2.58. The average Bonchev–Trinajstić information content (AvgIpc) is 3.11. The number of benzene rings is 1. The van der Waals surface area contributed by atoms with E-state index in [1.54, 1.807) is 18.3 Å². The fourth-order valence-corrected chi connectivity index (χ4v) is 3.01. The van der Waals surface area contributed by atoms with Gasteiger partial charge in [-0.25, -0.2) is 0 Å².